The maximum Gasteiger partial charge on any atom is 0.146 e. The molecule has 0 fully saturated rings. The number of benzene rings is 1. The van der Waals surface area contributed by atoms with Crippen LogP contribution in [0.25, 0.3) is 11.3 Å². The largest absolute Gasteiger partial charge is 0.396 e. The van der Waals surface area contributed by atoms with E-state index in [1.54, 1.807) is 23.0 Å². The number of hydrogen-bond acceptors (Lipinski definition) is 3. The molecule has 0 saturated carbocycles. The first-order valence-electron chi connectivity index (χ1n) is 5.16. The lowest BCUT2D eigenvalue weighted by atomic mass is 10.1. The molecular weight excluding hydrogens is 207 g/mol. The van der Waals surface area contributed by atoms with E-state index in [4.69, 9.17) is 5.73 Å². The third-order valence-electron chi connectivity index (χ3n) is 2.35. The van der Waals surface area contributed by atoms with Crippen LogP contribution >= 0.6 is 0 Å². The van der Waals surface area contributed by atoms with Crippen molar-refractivity contribution in [2.45, 2.75) is 19.9 Å². The van der Waals surface area contributed by atoms with Crippen LogP contribution in [0.3, 0.4) is 0 Å². The number of rotatable bonds is 3. The van der Waals surface area contributed by atoms with Crippen LogP contribution in [0.15, 0.2) is 24.4 Å². The number of halogens is 1. The van der Waals surface area contributed by atoms with Gasteiger partial charge in [0, 0.05) is 12.1 Å². The van der Waals surface area contributed by atoms with E-state index < -0.39 is 5.82 Å². The first kappa shape index (κ1) is 10.6. The summed E-state index contributed by atoms with van der Waals surface area (Å²) in [5.74, 6) is -0.415. The van der Waals surface area contributed by atoms with Crippen LogP contribution in [0.2, 0.25) is 0 Å². The van der Waals surface area contributed by atoms with E-state index in [0.717, 1.165) is 24.2 Å². The molecule has 0 radical (unpaired) electrons. The van der Waals surface area contributed by atoms with Crippen LogP contribution in [0, 0.1) is 5.82 Å². The summed E-state index contributed by atoms with van der Waals surface area (Å²) in [7, 11) is 0. The molecule has 0 bridgehead atoms. The van der Waals surface area contributed by atoms with E-state index >= 15 is 0 Å². The van der Waals surface area contributed by atoms with Gasteiger partial charge in [-0.15, -0.1) is 5.10 Å². The normalized spacial score (nSPS) is 10.6. The second-order valence-electron chi connectivity index (χ2n) is 3.58. The topological polar surface area (TPSA) is 56.7 Å². The smallest absolute Gasteiger partial charge is 0.146 e. The SMILES string of the molecule is CCCn1nncc1-c1ccc(N)c(F)c1. The van der Waals surface area contributed by atoms with Crippen molar-refractivity contribution in [3.63, 3.8) is 0 Å². The molecule has 1 aromatic carbocycles. The average molecular weight is 220 g/mol. The summed E-state index contributed by atoms with van der Waals surface area (Å²) < 4.78 is 15.1. The Morgan fingerprint density at radius 1 is 1.44 bits per heavy atom. The number of anilines is 1. The van der Waals surface area contributed by atoms with Gasteiger partial charge in [0.15, 0.2) is 0 Å². The molecule has 0 aliphatic rings. The fourth-order valence-corrected chi connectivity index (χ4v) is 1.54. The molecule has 2 N–H and O–H groups in total. The van der Waals surface area contributed by atoms with Crippen molar-refractivity contribution in [2.24, 2.45) is 0 Å². The van der Waals surface area contributed by atoms with Crippen LogP contribution in [0.5, 0.6) is 0 Å². The van der Waals surface area contributed by atoms with Gasteiger partial charge in [0.05, 0.1) is 17.6 Å². The van der Waals surface area contributed by atoms with Crippen molar-refractivity contribution in [1.82, 2.24) is 15.0 Å². The lowest BCUT2D eigenvalue weighted by molar-refractivity contribution is 0.583. The van der Waals surface area contributed by atoms with E-state index in [0.29, 0.717) is 0 Å². The Balaban J connectivity index is 2.42. The molecule has 2 rings (SSSR count). The molecule has 16 heavy (non-hydrogen) atoms. The first-order chi connectivity index (χ1) is 7.72. The summed E-state index contributed by atoms with van der Waals surface area (Å²) in [6.07, 6.45) is 2.58. The summed E-state index contributed by atoms with van der Waals surface area (Å²) in [6.45, 7) is 2.82. The third kappa shape index (κ3) is 1.88. The van der Waals surface area contributed by atoms with Gasteiger partial charge < -0.3 is 5.73 Å². The van der Waals surface area contributed by atoms with Gasteiger partial charge >= 0.3 is 0 Å². The van der Waals surface area contributed by atoms with Gasteiger partial charge in [-0.2, -0.15) is 0 Å². The minimum atomic E-state index is -0.415. The monoisotopic (exact) mass is 220 g/mol. The van der Waals surface area contributed by atoms with Crippen molar-refractivity contribution in [3.05, 3.63) is 30.2 Å². The van der Waals surface area contributed by atoms with Crippen LogP contribution in [-0.4, -0.2) is 15.0 Å². The summed E-state index contributed by atoms with van der Waals surface area (Å²) in [6, 6.07) is 4.72. The maximum atomic E-state index is 13.3. The highest BCUT2D eigenvalue weighted by Crippen LogP contribution is 2.22. The molecule has 0 unspecified atom stereocenters. The molecule has 0 aliphatic carbocycles. The number of nitrogen functional groups attached to an aromatic ring is 1. The molecule has 0 atom stereocenters. The number of nitrogens with zero attached hydrogens (tertiary/aromatic N) is 3. The molecule has 0 amide bonds. The van der Waals surface area contributed by atoms with Gasteiger partial charge in [-0.25, -0.2) is 9.07 Å². The van der Waals surface area contributed by atoms with Gasteiger partial charge in [0.2, 0.25) is 0 Å². The Bertz CT molecular complexity index is 492. The summed E-state index contributed by atoms with van der Waals surface area (Å²) in [5.41, 5.74) is 7.12. The van der Waals surface area contributed by atoms with Gasteiger partial charge in [-0.1, -0.05) is 18.2 Å². The average Bonchev–Trinajstić information content (AvgIpc) is 2.71. The van der Waals surface area contributed by atoms with E-state index in [2.05, 4.69) is 17.2 Å². The lowest BCUT2D eigenvalue weighted by Crippen LogP contribution is -2.02. The maximum absolute atomic E-state index is 13.3. The minimum absolute atomic E-state index is 0.151. The van der Waals surface area contributed by atoms with Gasteiger partial charge in [-0.3, -0.25) is 0 Å². The molecule has 0 aliphatic heterocycles. The van der Waals surface area contributed by atoms with E-state index in [-0.39, 0.29) is 5.69 Å². The second kappa shape index (κ2) is 4.30. The molecule has 4 nitrogen and oxygen atoms in total. The number of aryl methyl sites for hydroxylation is 1. The first-order valence-corrected chi connectivity index (χ1v) is 5.16. The predicted molar refractivity (Wildman–Crippen MR) is 60.1 cm³/mol. The molecule has 1 aromatic heterocycles. The van der Waals surface area contributed by atoms with Crippen LogP contribution < -0.4 is 5.73 Å². The molecule has 0 saturated heterocycles. The Labute approximate surface area is 92.9 Å². The van der Waals surface area contributed by atoms with Crippen molar-refractivity contribution in [1.29, 1.82) is 0 Å². The van der Waals surface area contributed by atoms with Crippen molar-refractivity contribution in [3.8, 4) is 11.3 Å². The zero-order chi connectivity index (χ0) is 11.5. The molecular formula is C11H13FN4. The fraction of sp³-hybridized carbons (Fsp3) is 0.273. The Kier molecular flexibility index (Phi) is 2.85. The highest BCUT2D eigenvalue weighted by Gasteiger charge is 2.08. The van der Waals surface area contributed by atoms with E-state index in [1.807, 2.05) is 0 Å². The predicted octanol–water partition coefficient (Wildman–Crippen LogP) is 2.08. The molecule has 0 spiro atoms. The molecule has 1 heterocycles. The summed E-state index contributed by atoms with van der Waals surface area (Å²) in [4.78, 5) is 0. The van der Waals surface area contributed by atoms with Crippen molar-refractivity contribution in [2.75, 3.05) is 5.73 Å². The van der Waals surface area contributed by atoms with Gasteiger partial charge in [0.1, 0.15) is 5.82 Å². The quantitative estimate of drug-likeness (QED) is 0.805. The standard InChI is InChI=1S/C11H13FN4/c1-2-5-16-11(7-14-15-16)8-3-4-10(13)9(12)6-8/h3-4,6-7H,2,5,13H2,1H3. The van der Waals surface area contributed by atoms with Crippen molar-refractivity contribution >= 4 is 5.69 Å². The van der Waals surface area contributed by atoms with E-state index in [9.17, 15) is 4.39 Å². The van der Waals surface area contributed by atoms with Crippen LogP contribution in [0.4, 0.5) is 10.1 Å². The fourth-order valence-electron chi connectivity index (χ4n) is 1.54. The number of aromatic nitrogens is 3. The summed E-state index contributed by atoms with van der Waals surface area (Å²) >= 11 is 0. The molecule has 5 heteroatoms. The zero-order valence-electron chi connectivity index (χ0n) is 9.02. The third-order valence-corrected chi connectivity index (χ3v) is 2.35. The highest BCUT2D eigenvalue weighted by atomic mass is 19.1. The van der Waals surface area contributed by atoms with Crippen molar-refractivity contribution < 1.29 is 4.39 Å². The zero-order valence-corrected chi connectivity index (χ0v) is 9.02. The van der Waals surface area contributed by atoms with Gasteiger partial charge in [-0.05, 0) is 18.6 Å². The van der Waals surface area contributed by atoms with Crippen LogP contribution in [-0.2, 0) is 6.54 Å². The molecule has 84 valence electrons. The number of hydrogen-bond donors (Lipinski definition) is 1. The Hall–Kier alpha value is -1.91. The molecule has 2 aromatic rings. The summed E-state index contributed by atoms with van der Waals surface area (Å²) in [5, 5.41) is 7.78. The van der Waals surface area contributed by atoms with Crippen LogP contribution in [0.1, 0.15) is 13.3 Å². The Morgan fingerprint density at radius 2 is 2.25 bits per heavy atom. The number of nitrogens with two attached hydrogens (primary N) is 1. The lowest BCUT2D eigenvalue weighted by Gasteiger charge is -2.05. The highest BCUT2D eigenvalue weighted by molar-refractivity contribution is 5.61. The second-order valence-corrected chi connectivity index (χ2v) is 3.58. The van der Waals surface area contributed by atoms with Gasteiger partial charge in [0.25, 0.3) is 0 Å². The minimum Gasteiger partial charge on any atom is -0.396 e. The Morgan fingerprint density at radius 3 is 2.94 bits per heavy atom. The van der Waals surface area contributed by atoms with E-state index in [1.165, 1.54) is 6.07 Å².